The maximum Gasteiger partial charge on any atom is 0.131 e. The number of rotatable bonds is 6. The summed E-state index contributed by atoms with van der Waals surface area (Å²) in [6.45, 7) is 2.09. The van der Waals surface area contributed by atoms with Crippen LogP contribution in [0.15, 0.2) is 52.3 Å². The van der Waals surface area contributed by atoms with Crippen molar-refractivity contribution >= 4 is 58.3 Å². The largest absolute Gasteiger partial charge is 0.256 e. The Balaban J connectivity index is 1.74. The van der Waals surface area contributed by atoms with E-state index in [9.17, 15) is 0 Å². The van der Waals surface area contributed by atoms with Gasteiger partial charge in [0.05, 0.1) is 10.7 Å². The lowest BCUT2D eigenvalue weighted by Crippen LogP contribution is -1.91. The van der Waals surface area contributed by atoms with Crippen molar-refractivity contribution in [2.45, 2.75) is 28.2 Å². The lowest BCUT2D eigenvalue weighted by molar-refractivity contribution is 0.755. The third-order valence-electron chi connectivity index (χ3n) is 3.81. The number of aromatic nitrogens is 2. The van der Waals surface area contributed by atoms with E-state index in [-0.39, 0.29) is 0 Å². The fraction of sp³-hybridized carbons (Fsp3) is 0.211. The summed E-state index contributed by atoms with van der Waals surface area (Å²) >= 11 is 22.2. The van der Waals surface area contributed by atoms with Gasteiger partial charge in [0.2, 0.25) is 0 Å². The van der Waals surface area contributed by atoms with Crippen molar-refractivity contribution in [2.24, 2.45) is 7.05 Å². The average Bonchev–Trinajstić information content (AvgIpc) is 2.89. The second kappa shape index (κ2) is 8.94. The maximum atomic E-state index is 6.47. The van der Waals surface area contributed by atoms with Gasteiger partial charge in [0.15, 0.2) is 0 Å². The number of hydrogen-bond donors (Lipinski definition) is 0. The molecule has 0 N–H and O–H groups in total. The zero-order valence-electron chi connectivity index (χ0n) is 14.3. The molecule has 136 valence electrons. The van der Waals surface area contributed by atoms with E-state index in [1.54, 1.807) is 34.3 Å². The molecule has 2 aromatic carbocycles. The first-order valence-corrected chi connectivity index (χ1v) is 11.0. The Morgan fingerprint density at radius 1 is 0.962 bits per heavy atom. The van der Waals surface area contributed by atoms with Crippen molar-refractivity contribution in [1.29, 1.82) is 0 Å². The van der Waals surface area contributed by atoms with E-state index in [1.807, 2.05) is 19.2 Å². The van der Waals surface area contributed by atoms with E-state index in [2.05, 4.69) is 36.3 Å². The quantitative estimate of drug-likeness (QED) is 0.373. The van der Waals surface area contributed by atoms with E-state index in [4.69, 9.17) is 34.8 Å². The second-order valence-electron chi connectivity index (χ2n) is 5.80. The van der Waals surface area contributed by atoms with Crippen LogP contribution in [0, 0.1) is 6.92 Å². The molecule has 0 fully saturated rings. The number of benzene rings is 2. The van der Waals surface area contributed by atoms with Crippen LogP contribution >= 0.6 is 58.3 Å². The van der Waals surface area contributed by atoms with Gasteiger partial charge >= 0.3 is 0 Å². The second-order valence-corrected chi connectivity index (χ2v) is 9.07. The van der Waals surface area contributed by atoms with E-state index in [0.717, 1.165) is 21.9 Å². The Morgan fingerprint density at radius 3 is 2.42 bits per heavy atom. The first kappa shape index (κ1) is 20.0. The molecule has 0 aliphatic heterocycles. The van der Waals surface area contributed by atoms with Gasteiger partial charge in [-0.05, 0) is 37.3 Å². The van der Waals surface area contributed by atoms with E-state index in [1.165, 1.54) is 10.5 Å². The van der Waals surface area contributed by atoms with Crippen LogP contribution in [0.3, 0.4) is 0 Å². The predicted molar refractivity (Wildman–Crippen MR) is 115 cm³/mol. The summed E-state index contributed by atoms with van der Waals surface area (Å²) in [6, 6.07) is 14.0. The Kier molecular flexibility index (Phi) is 6.87. The van der Waals surface area contributed by atoms with Gasteiger partial charge in [0.25, 0.3) is 0 Å². The van der Waals surface area contributed by atoms with Crippen molar-refractivity contribution in [2.75, 3.05) is 0 Å². The lowest BCUT2D eigenvalue weighted by atomic mass is 10.2. The molecule has 0 spiro atoms. The van der Waals surface area contributed by atoms with Crippen molar-refractivity contribution in [1.82, 2.24) is 9.78 Å². The summed E-state index contributed by atoms with van der Waals surface area (Å²) in [5.74, 6) is 1.46. The van der Waals surface area contributed by atoms with Crippen LogP contribution < -0.4 is 0 Å². The van der Waals surface area contributed by atoms with Gasteiger partial charge < -0.3 is 0 Å². The van der Waals surface area contributed by atoms with Crippen LogP contribution in [0.1, 0.15) is 16.8 Å². The minimum absolute atomic E-state index is 0.662. The Labute approximate surface area is 177 Å². The number of halogens is 3. The van der Waals surface area contributed by atoms with Crippen LogP contribution in [-0.4, -0.2) is 9.78 Å². The van der Waals surface area contributed by atoms with E-state index in [0.29, 0.717) is 21.0 Å². The molecule has 0 saturated carbocycles. The van der Waals surface area contributed by atoms with E-state index < -0.39 is 0 Å². The molecule has 7 heteroatoms. The molecule has 0 aliphatic carbocycles. The van der Waals surface area contributed by atoms with Gasteiger partial charge in [-0.1, -0.05) is 52.5 Å². The van der Waals surface area contributed by atoms with Crippen molar-refractivity contribution < 1.29 is 0 Å². The first-order valence-electron chi connectivity index (χ1n) is 7.91. The zero-order valence-corrected chi connectivity index (χ0v) is 18.2. The average molecular weight is 444 g/mol. The molecular weight excluding hydrogens is 427 g/mol. The van der Waals surface area contributed by atoms with Crippen LogP contribution in [-0.2, 0) is 18.6 Å². The molecule has 0 unspecified atom stereocenters. The molecule has 0 bridgehead atoms. The Hall–Kier alpha value is -0.780. The molecule has 1 heterocycles. The van der Waals surface area contributed by atoms with Crippen molar-refractivity contribution in [3.05, 3.63) is 74.5 Å². The normalized spacial score (nSPS) is 11.1. The minimum atomic E-state index is 0.662. The van der Waals surface area contributed by atoms with Crippen molar-refractivity contribution in [3.63, 3.8) is 0 Å². The monoisotopic (exact) mass is 442 g/mol. The third kappa shape index (κ3) is 4.93. The SMILES string of the molecule is Cc1ccc(SCc2nn(C)c(Cl)c2CSc2cc(Cl)ccc2Cl)cc1. The minimum Gasteiger partial charge on any atom is -0.256 e. The maximum absolute atomic E-state index is 6.47. The molecule has 2 nitrogen and oxygen atoms in total. The van der Waals surface area contributed by atoms with Crippen LogP contribution in [0.4, 0.5) is 0 Å². The van der Waals surface area contributed by atoms with Gasteiger partial charge in [-0.3, -0.25) is 4.68 Å². The molecule has 0 amide bonds. The molecule has 0 atom stereocenters. The van der Waals surface area contributed by atoms with Gasteiger partial charge in [0, 0.05) is 38.9 Å². The highest BCUT2D eigenvalue weighted by atomic mass is 35.5. The topological polar surface area (TPSA) is 17.8 Å². The number of hydrogen-bond acceptors (Lipinski definition) is 3. The zero-order chi connectivity index (χ0) is 18.7. The summed E-state index contributed by atoms with van der Waals surface area (Å²) in [6.07, 6.45) is 0. The van der Waals surface area contributed by atoms with Gasteiger partial charge in [-0.2, -0.15) is 5.10 Å². The van der Waals surface area contributed by atoms with Gasteiger partial charge in [-0.15, -0.1) is 23.5 Å². The molecule has 3 aromatic rings. The molecule has 26 heavy (non-hydrogen) atoms. The molecule has 0 saturated heterocycles. The highest BCUT2D eigenvalue weighted by Gasteiger charge is 2.16. The Morgan fingerprint density at radius 2 is 1.69 bits per heavy atom. The standard InChI is InChI=1S/C19H17Cl3N2S2/c1-12-3-6-14(7-4-12)25-11-17-15(19(22)24(2)23-17)10-26-18-9-13(20)5-8-16(18)21/h3-9H,10-11H2,1-2H3. The molecule has 0 radical (unpaired) electrons. The summed E-state index contributed by atoms with van der Waals surface area (Å²) in [5, 5.41) is 6.61. The van der Waals surface area contributed by atoms with Crippen LogP contribution in [0.25, 0.3) is 0 Å². The highest BCUT2D eigenvalue weighted by molar-refractivity contribution is 7.99. The summed E-state index contributed by atoms with van der Waals surface area (Å²) in [5.41, 5.74) is 3.29. The molecule has 0 aliphatic rings. The lowest BCUT2D eigenvalue weighted by Gasteiger charge is -2.06. The first-order chi connectivity index (χ1) is 12.4. The van der Waals surface area contributed by atoms with Crippen LogP contribution in [0.2, 0.25) is 15.2 Å². The third-order valence-corrected chi connectivity index (χ3v) is 7.07. The number of thioether (sulfide) groups is 2. The van der Waals surface area contributed by atoms with E-state index >= 15 is 0 Å². The highest BCUT2D eigenvalue weighted by Crippen LogP contribution is 2.35. The number of aryl methyl sites for hydroxylation is 2. The molecule has 1 aromatic heterocycles. The number of nitrogens with zero attached hydrogens (tertiary/aromatic N) is 2. The van der Waals surface area contributed by atoms with Crippen LogP contribution in [0.5, 0.6) is 0 Å². The predicted octanol–water partition coefficient (Wildman–Crippen LogP) is 7.27. The summed E-state index contributed by atoms with van der Waals surface area (Å²) < 4.78 is 1.72. The van der Waals surface area contributed by atoms with Crippen molar-refractivity contribution in [3.8, 4) is 0 Å². The van der Waals surface area contributed by atoms with Gasteiger partial charge in [0.1, 0.15) is 5.15 Å². The van der Waals surface area contributed by atoms with Gasteiger partial charge in [-0.25, -0.2) is 0 Å². The smallest absolute Gasteiger partial charge is 0.131 e. The fourth-order valence-electron chi connectivity index (χ4n) is 2.38. The Bertz CT molecular complexity index is 908. The summed E-state index contributed by atoms with van der Waals surface area (Å²) in [7, 11) is 1.86. The molecular formula is C19H17Cl3N2S2. The summed E-state index contributed by atoms with van der Waals surface area (Å²) in [4.78, 5) is 2.16. The fourth-order valence-corrected chi connectivity index (χ4v) is 5.08. The molecule has 3 rings (SSSR count).